The van der Waals surface area contributed by atoms with Gasteiger partial charge in [0.25, 0.3) is 11.8 Å². The number of carbonyl (C=O) groups is 3. The molecule has 1 saturated heterocycles. The van der Waals surface area contributed by atoms with Crippen LogP contribution >= 0.6 is 0 Å². The molecule has 0 saturated carbocycles. The zero-order valence-electron chi connectivity index (χ0n) is 19.0. The highest BCUT2D eigenvalue weighted by molar-refractivity contribution is 6.07. The highest BCUT2D eigenvalue weighted by Crippen LogP contribution is 2.23. The van der Waals surface area contributed by atoms with Crippen molar-refractivity contribution in [2.75, 3.05) is 20.7 Å². The molecule has 0 spiro atoms. The maximum Gasteiger partial charge on any atom is 0.344 e. The summed E-state index contributed by atoms with van der Waals surface area (Å²) < 4.78 is 5.39. The maximum atomic E-state index is 12.9. The van der Waals surface area contributed by atoms with Crippen molar-refractivity contribution in [3.63, 3.8) is 0 Å². The molecule has 4 amide bonds. The smallest absolute Gasteiger partial charge is 0.344 e. The minimum atomic E-state index is -1.07. The molecule has 1 unspecified atom stereocenters. The number of ether oxygens (including phenoxy) is 1. The summed E-state index contributed by atoms with van der Waals surface area (Å²) in [6.45, 7) is 4.16. The van der Waals surface area contributed by atoms with Gasteiger partial charge in [-0.1, -0.05) is 48.0 Å². The number of methoxy groups -OCH3 is 1. The Bertz CT molecular complexity index is 995. The zero-order valence-corrected chi connectivity index (χ0v) is 19.0. The average molecular weight is 439 g/mol. The van der Waals surface area contributed by atoms with Crippen molar-refractivity contribution >= 4 is 17.8 Å². The van der Waals surface area contributed by atoms with Gasteiger partial charge in [0.15, 0.2) is 0 Å². The minimum absolute atomic E-state index is 0.00882. The third kappa shape index (κ3) is 5.45. The number of carbonyl (C=O) groups excluding carboxylic acids is 3. The number of nitrogens with one attached hydrogen (secondary N) is 2. The van der Waals surface area contributed by atoms with Crippen molar-refractivity contribution < 1.29 is 19.1 Å². The van der Waals surface area contributed by atoms with E-state index in [1.165, 1.54) is 0 Å². The summed E-state index contributed by atoms with van der Waals surface area (Å²) in [7, 11) is 3.39. The van der Waals surface area contributed by atoms with E-state index in [2.05, 4.69) is 10.7 Å². The van der Waals surface area contributed by atoms with Gasteiger partial charge >= 0.3 is 6.03 Å². The van der Waals surface area contributed by atoms with Crippen LogP contribution in [0.3, 0.4) is 0 Å². The van der Waals surface area contributed by atoms with Crippen LogP contribution in [0, 0.1) is 6.92 Å². The van der Waals surface area contributed by atoms with E-state index in [0.717, 1.165) is 27.4 Å². The predicted molar refractivity (Wildman–Crippen MR) is 121 cm³/mol. The number of rotatable bonds is 9. The van der Waals surface area contributed by atoms with Crippen LogP contribution in [0.15, 0.2) is 48.5 Å². The van der Waals surface area contributed by atoms with Crippen LogP contribution in [-0.2, 0) is 22.6 Å². The maximum absolute atomic E-state index is 12.9. The zero-order chi connectivity index (χ0) is 23.3. The number of urea groups is 1. The predicted octanol–water partition coefficient (Wildman–Crippen LogP) is 2.41. The molecule has 0 aromatic heterocycles. The van der Waals surface area contributed by atoms with Crippen molar-refractivity contribution in [1.29, 1.82) is 0 Å². The summed E-state index contributed by atoms with van der Waals surface area (Å²) in [6, 6.07) is 15.0. The van der Waals surface area contributed by atoms with Crippen LogP contribution < -0.4 is 15.5 Å². The van der Waals surface area contributed by atoms with E-state index < -0.39 is 23.4 Å². The first-order chi connectivity index (χ1) is 15.2. The second kappa shape index (κ2) is 9.82. The van der Waals surface area contributed by atoms with Crippen LogP contribution in [0.5, 0.6) is 5.75 Å². The lowest BCUT2D eigenvalue weighted by molar-refractivity contribution is -0.139. The molecule has 1 fully saturated rings. The first kappa shape index (κ1) is 23.3. The number of imide groups is 1. The van der Waals surface area contributed by atoms with Gasteiger partial charge in [-0.25, -0.2) is 4.79 Å². The summed E-state index contributed by atoms with van der Waals surface area (Å²) in [5, 5.41) is 3.50. The first-order valence-electron chi connectivity index (χ1n) is 10.5. The molecule has 170 valence electrons. The van der Waals surface area contributed by atoms with E-state index in [9.17, 15) is 14.4 Å². The molecule has 8 nitrogen and oxygen atoms in total. The summed E-state index contributed by atoms with van der Waals surface area (Å²) in [4.78, 5) is 39.6. The molecule has 0 radical (unpaired) electrons. The molecule has 1 aliphatic rings. The van der Waals surface area contributed by atoms with Gasteiger partial charge in [0.05, 0.1) is 13.7 Å². The molecule has 3 rings (SSSR count). The lowest BCUT2D eigenvalue weighted by Crippen LogP contribution is -2.51. The third-order valence-electron chi connectivity index (χ3n) is 5.54. The van der Waals surface area contributed by atoms with E-state index >= 15 is 0 Å². The quantitative estimate of drug-likeness (QED) is 0.587. The molecule has 2 N–H and O–H groups in total. The van der Waals surface area contributed by atoms with Gasteiger partial charge in [-0.3, -0.25) is 19.9 Å². The van der Waals surface area contributed by atoms with E-state index in [4.69, 9.17) is 4.74 Å². The van der Waals surface area contributed by atoms with Crippen LogP contribution in [0.2, 0.25) is 0 Å². The fraction of sp³-hybridized carbons (Fsp3) is 0.375. The Hall–Kier alpha value is -3.39. The van der Waals surface area contributed by atoms with Crippen molar-refractivity contribution in [1.82, 2.24) is 20.7 Å². The normalized spacial score (nSPS) is 18.1. The second-order valence-electron chi connectivity index (χ2n) is 8.41. The van der Waals surface area contributed by atoms with E-state index in [1.807, 2.05) is 55.5 Å². The lowest BCUT2D eigenvalue weighted by Gasteiger charge is -2.22. The Morgan fingerprint density at radius 2 is 1.91 bits per heavy atom. The Kier molecular flexibility index (Phi) is 7.15. The molecule has 1 atom stereocenters. The van der Waals surface area contributed by atoms with Gasteiger partial charge in [0.1, 0.15) is 11.3 Å². The molecular formula is C24H30N4O4. The topological polar surface area (TPSA) is 91.0 Å². The average Bonchev–Trinajstić information content (AvgIpc) is 2.96. The number of amides is 4. The number of aryl methyl sites for hydroxylation is 2. The largest absolute Gasteiger partial charge is 0.496 e. The minimum Gasteiger partial charge on any atom is -0.496 e. The van der Waals surface area contributed by atoms with Gasteiger partial charge in [-0.2, -0.15) is 5.01 Å². The van der Waals surface area contributed by atoms with E-state index in [1.54, 1.807) is 26.0 Å². The third-order valence-corrected chi connectivity index (χ3v) is 5.54. The molecule has 2 aromatic rings. The number of hydrazine groups is 1. The molecule has 1 heterocycles. The fourth-order valence-corrected chi connectivity index (χ4v) is 3.78. The van der Waals surface area contributed by atoms with Crippen molar-refractivity contribution in [2.24, 2.45) is 0 Å². The van der Waals surface area contributed by atoms with E-state index in [-0.39, 0.29) is 6.54 Å². The number of hydrogen-bond acceptors (Lipinski definition) is 5. The number of benzene rings is 2. The number of hydrogen-bond donors (Lipinski definition) is 2. The summed E-state index contributed by atoms with van der Waals surface area (Å²) in [5.41, 5.74) is 4.50. The molecule has 32 heavy (non-hydrogen) atoms. The van der Waals surface area contributed by atoms with Crippen molar-refractivity contribution in [3.8, 4) is 5.75 Å². The van der Waals surface area contributed by atoms with Crippen LogP contribution in [0.4, 0.5) is 4.79 Å². The van der Waals surface area contributed by atoms with Gasteiger partial charge < -0.3 is 10.1 Å². The van der Waals surface area contributed by atoms with Crippen LogP contribution in [-0.4, -0.2) is 54.0 Å². The van der Waals surface area contributed by atoms with Crippen LogP contribution in [0.1, 0.15) is 30.0 Å². The van der Waals surface area contributed by atoms with Gasteiger partial charge in [0.2, 0.25) is 0 Å². The standard InChI is InChI=1S/C24H30N4O4/c1-17-10-11-20(32-4)19(14-17)15-27(3)16-21(29)26-28-22(30)24(2,25-23(28)31)13-12-18-8-6-5-7-9-18/h5-11,14H,12-13,15-16H2,1-4H3,(H,25,31)(H,26,29). The molecule has 2 aromatic carbocycles. The fourth-order valence-electron chi connectivity index (χ4n) is 3.78. The Morgan fingerprint density at radius 1 is 1.19 bits per heavy atom. The summed E-state index contributed by atoms with van der Waals surface area (Å²) in [6.07, 6.45) is 1.06. The molecule has 0 bridgehead atoms. The highest BCUT2D eigenvalue weighted by Gasteiger charge is 2.48. The molecular weight excluding hydrogens is 408 g/mol. The molecule has 1 aliphatic heterocycles. The molecule has 8 heteroatoms. The Balaban J connectivity index is 1.57. The Labute approximate surface area is 188 Å². The van der Waals surface area contributed by atoms with Crippen molar-refractivity contribution in [3.05, 3.63) is 65.2 Å². The summed E-state index contributed by atoms with van der Waals surface area (Å²) in [5.74, 6) is -0.171. The number of nitrogens with zero attached hydrogens (tertiary/aromatic N) is 2. The first-order valence-corrected chi connectivity index (χ1v) is 10.5. The van der Waals surface area contributed by atoms with Gasteiger partial charge in [0, 0.05) is 12.1 Å². The summed E-state index contributed by atoms with van der Waals surface area (Å²) >= 11 is 0. The number of likely N-dealkylation sites (N-methyl/N-ethyl adjacent to an activating group) is 1. The van der Waals surface area contributed by atoms with Crippen LogP contribution in [0.25, 0.3) is 0 Å². The monoisotopic (exact) mass is 438 g/mol. The highest BCUT2D eigenvalue weighted by atomic mass is 16.5. The van der Waals surface area contributed by atoms with Crippen molar-refractivity contribution in [2.45, 2.75) is 38.8 Å². The lowest BCUT2D eigenvalue weighted by atomic mass is 9.93. The van der Waals surface area contributed by atoms with Gasteiger partial charge in [-0.05, 0) is 45.4 Å². The van der Waals surface area contributed by atoms with E-state index in [0.29, 0.717) is 19.4 Å². The SMILES string of the molecule is COc1ccc(C)cc1CN(C)CC(=O)NN1C(=O)NC(C)(CCc2ccccc2)C1=O. The van der Waals surface area contributed by atoms with Gasteiger partial charge in [-0.15, -0.1) is 0 Å². The molecule has 0 aliphatic carbocycles. The second-order valence-corrected chi connectivity index (χ2v) is 8.41. The Morgan fingerprint density at radius 3 is 2.59 bits per heavy atom.